The number of benzene rings is 2. The van der Waals surface area contributed by atoms with Gasteiger partial charge in [0.15, 0.2) is 5.41 Å². The predicted octanol–water partition coefficient (Wildman–Crippen LogP) is 3.60. The van der Waals surface area contributed by atoms with E-state index in [0.29, 0.717) is 11.1 Å². The van der Waals surface area contributed by atoms with Gasteiger partial charge in [-0.25, -0.2) is 4.79 Å². The van der Waals surface area contributed by atoms with Crippen LogP contribution in [0.3, 0.4) is 0 Å². The SMILES string of the molecule is COC(=O)c1ccc(C2OC3(C)OC(=N)C(C#N)(C3c3ccccc3)C2(C#N)C#N)cc1. The lowest BCUT2D eigenvalue weighted by Crippen LogP contribution is -2.57. The molecule has 32 heavy (non-hydrogen) atoms. The number of nitrogens with one attached hydrogen (secondary N) is 1. The fourth-order valence-corrected chi connectivity index (χ4v) is 4.84. The molecule has 4 unspecified atom stereocenters. The molecule has 0 saturated carbocycles. The molecular weight excluding hydrogens is 408 g/mol. The monoisotopic (exact) mass is 426 g/mol. The molecule has 0 aromatic heterocycles. The molecule has 2 fully saturated rings. The Kier molecular flexibility index (Phi) is 4.74. The first-order chi connectivity index (χ1) is 15.3. The minimum absolute atomic E-state index is 0.280. The largest absolute Gasteiger partial charge is 0.465 e. The van der Waals surface area contributed by atoms with Gasteiger partial charge in [0.1, 0.15) is 6.10 Å². The van der Waals surface area contributed by atoms with Crippen molar-refractivity contribution in [2.24, 2.45) is 10.8 Å². The number of hydrogen-bond donors (Lipinski definition) is 1. The maximum Gasteiger partial charge on any atom is 0.337 e. The number of carbonyl (C=O) groups excluding carboxylic acids is 1. The van der Waals surface area contributed by atoms with Crippen LogP contribution in [-0.2, 0) is 14.2 Å². The predicted molar refractivity (Wildman–Crippen MR) is 110 cm³/mol. The highest BCUT2D eigenvalue weighted by atomic mass is 16.7. The smallest absolute Gasteiger partial charge is 0.337 e. The van der Waals surface area contributed by atoms with Gasteiger partial charge in [-0.3, -0.25) is 5.41 Å². The number of ether oxygens (including phenoxy) is 3. The van der Waals surface area contributed by atoms with Crippen LogP contribution in [0.25, 0.3) is 0 Å². The minimum atomic E-state index is -2.10. The second-order valence-corrected chi connectivity index (χ2v) is 7.85. The lowest BCUT2D eigenvalue weighted by Gasteiger charge is -2.48. The van der Waals surface area contributed by atoms with Gasteiger partial charge in [0.05, 0.1) is 36.8 Å². The Morgan fingerprint density at radius 1 is 1.00 bits per heavy atom. The normalized spacial score (nSPS) is 29.7. The first kappa shape index (κ1) is 21.1. The summed E-state index contributed by atoms with van der Waals surface area (Å²) in [6.07, 6.45) is -1.21. The van der Waals surface area contributed by atoms with E-state index in [1.165, 1.54) is 19.2 Å². The van der Waals surface area contributed by atoms with Crippen LogP contribution in [0.15, 0.2) is 54.6 Å². The molecule has 0 aliphatic carbocycles. The molecule has 8 nitrogen and oxygen atoms in total. The summed E-state index contributed by atoms with van der Waals surface area (Å²) in [7, 11) is 1.26. The molecule has 1 N–H and O–H groups in total. The molecule has 4 atom stereocenters. The molecular formula is C24H18N4O4. The quantitative estimate of drug-likeness (QED) is 0.739. The second kappa shape index (κ2) is 7.20. The molecule has 0 amide bonds. The number of fused-ring (bicyclic) bond motifs is 2. The maximum atomic E-state index is 11.8. The third kappa shape index (κ3) is 2.49. The molecule has 8 heteroatoms. The number of rotatable bonds is 3. The zero-order valence-electron chi connectivity index (χ0n) is 17.3. The van der Waals surface area contributed by atoms with Gasteiger partial charge in [-0.05, 0) is 23.3 Å². The summed E-state index contributed by atoms with van der Waals surface area (Å²) in [6, 6.07) is 21.0. The number of esters is 1. The first-order valence-electron chi connectivity index (χ1n) is 9.76. The molecule has 2 aromatic rings. The fraction of sp³-hybridized carbons (Fsp3) is 0.292. The lowest BCUT2D eigenvalue weighted by molar-refractivity contribution is -0.253. The molecule has 2 aromatic carbocycles. The van der Waals surface area contributed by atoms with E-state index >= 15 is 0 Å². The number of methoxy groups -OCH3 is 1. The summed E-state index contributed by atoms with van der Waals surface area (Å²) in [5, 5.41) is 39.6. The van der Waals surface area contributed by atoms with Crippen molar-refractivity contribution in [2.45, 2.75) is 24.7 Å². The van der Waals surface area contributed by atoms with Gasteiger partial charge < -0.3 is 14.2 Å². The standard InChI is InChI=1S/C24H18N4O4/c1-22-18(15-6-4-3-5-7-15)24(14-27,21(28)32-22)23(12-25,13-26)19(31-22)16-8-10-17(11-9-16)20(29)30-2/h3-11,18-19,28H,1-2H3. The fourth-order valence-electron chi connectivity index (χ4n) is 4.84. The Morgan fingerprint density at radius 2 is 1.62 bits per heavy atom. The number of carbonyl (C=O) groups is 1. The summed E-state index contributed by atoms with van der Waals surface area (Å²) in [4.78, 5) is 11.8. The van der Waals surface area contributed by atoms with E-state index in [-0.39, 0.29) is 5.56 Å². The Labute approximate surface area is 184 Å². The summed E-state index contributed by atoms with van der Waals surface area (Å²) < 4.78 is 16.8. The van der Waals surface area contributed by atoms with Gasteiger partial charge in [0.2, 0.25) is 17.1 Å². The van der Waals surface area contributed by atoms with E-state index in [9.17, 15) is 20.6 Å². The Morgan fingerprint density at radius 3 is 2.16 bits per heavy atom. The molecule has 0 spiro atoms. The summed E-state index contributed by atoms with van der Waals surface area (Å²) in [6.45, 7) is 1.60. The van der Waals surface area contributed by atoms with Gasteiger partial charge in [0.25, 0.3) is 0 Å². The van der Waals surface area contributed by atoms with Crippen LogP contribution >= 0.6 is 0 Å². The van der Waals surface area contributed by atoms with Crippen LogP contribution in [-0.4, -0.2) is 24.8 Å². The molecule has 0 radical (unpaired) electrons. The zero-order valence-corrected chi connectivity index (χ0v) is 17.3. The average molecular weight is 426 g/mol. The van der Waals surface area contributed by atoms with Crippen LogP contribution in [0.1, 0.15) is 40.4 Å². The highest BCUT2D eigenvalue weighted by molar-refractivity contribution is 5.91. The van der Waals surface area contributed by atoms with Crippen molar-refractivity contribution < 1.29 is 19.0 Å². The van der Waals surface area contributed by atoms with Gasteiger partial charge >= 0.3 is 5.97 Å². The summed E-state index contributed by atoms with van der Waals surface area (Å²) in [5.41, 5.74) is -2.72. The summed E-state index contributed by atoms with van der Waals surface area (Å²) in [5.74, 6) is -3.38. The third-order valence-electron chi connectivity index (χ3n) is 6.28. The third-order valence-corrected chi connectivity index (χ3v) is 6.28. The van der Waals surface area contributed by atoms with Crippen LogP contribution in [0, 0.1) is 50.2 Å². The lowest BCUT2D eigenvalue weighted by atomic mass is 9.52. The molecule has 2 heterocycles. The highest BCUT2D eigenvalue weighted by Crippen LogP contribution is 2.69. The van der Waals surface area contributed by atoms with E-state index in [2.05, 4.69) is 6.07 Å². The van der Waals surface area contributed by atoms with E-state index in [1.54, 1.807) is 49.4 Å². The van der Waals surface area contributed by atoms with Crippen molar-refractivity contribution in [3.05, 3.63) is 71.3 Å². The highest BCUT2D eigenvalue weighted by Gasteiger charge is 2.79. The Bertz CT molecular complexity index is 1210. The van der Waals surface area contributed by atoms with Crippen molar-refractivity contribution in [1.29, 1.82) is 21.2 Å². The molecule has 2 bridgehead atoms. The number of nitrogens with zero attached hydrogens (tertiary/aromatic N) is 3. The average Bonchev–Trinajstić information content (AvgIpc) is 3.01. The van der Waals surface area contributed by atoms with E-state index in [0.717, 1.165) is 0 Å². The Balaban J connectivity index is 1.95. The number of nitriles is 3. The zero-order chi connectivity index (χ0) is 23.1. The maximum absolute atomic E-state index is 11.8. The van der Waals surface area contributed by atoms with Crippen molar-refractivity contribution in [3.63, 3.8) is 0 Å². The van der Waals surface area contributed by atoms with E-state index in [1.807, 2.05) is 12.1 Å². The van der Waals surface area contributed by atoms with Crippen LogP contribution in [0.4, 0.5) is 0 Å². The Hall–Kier alpha value is -4.19. The van der Waals surface area contributed by atoms with E-state index < -0.39 is 40.5 Å². The van der Waals surface area contributed by atoms with Crippen molar-refractivity contribution in [2.75, 3.05) is 7.11 Å². The number of hydrogen-bond acceptors (Lipinski definition) is 8. The van der Waals surface area contributed by atoms with E-state index in [4.69, 9.17) is 19.6 Å². The van der Waals surface area contributed by atoms with Gasteiger partial charge in [-0.1, -0.05) is 42.5 Å². The molecule has 2 aliphatic heterocycles. The molecule has 158 valence electrons. The minimum Gasteiger partial charge on any atom is -0.465 e. The molecule has 4 rings (SSSR count). The van der Waals surface area contributed by atoms with Crippen molar-refractivity contribution >= 4 is 11.9 Å². The van der Waals surface area contributed by atoms with Crippen LogP contribution in [0.5, 0.6) is 0 Å². The van der Waals surface area contributed by atoms with Gasteiger partial charge in [0, 0.05) is 6.92 Å². The van der Waals surface area contributed by atoms with Gasteiger partial charge in [-0.15, -0.1) is 0 Å². The first-order valence-corrected chi connectivity index (χ1v) is 9.76. The molecule has 2 aliphatic rings. The van der Waals surface area contributed by atoms with Crippen molar-refractivity contribution in [1.82, 2.24) is 0 Å². The van der Waals surface area contributed by atoms with Crippen LogP contribution < -0.4 is 0 Å². The topological polar surface area (TPSA) is 140 Å². The molecule has 2 saturated heterocycles. The second-order valence-electron chi connectivity index (χ2n) is 7.85. The summed E-state index contributed by atoms with van der Waals surface area (Å²) >= 11 is 0. The van der Waals surface area contributed by atoms with Gasteiger partial charge in [-0.2, -0.15) is 15.8 Å². The van der Waals surface area contributed by atoms with Crippen molar-refractivity contribution in [3.8, 4) is 18.2 Å². The van der Waals surface area contributed by atoms with Crippen LogP contribution in [0.2, 0.25) is 0 Å².